The lowest BCUT2D eigenvalue weighted by Gasteiger charge is -2.12. The second-order valence-corrected chi connectivity index (χ2v) is 5.33. The molecule has 0 atom stereocenters. The highest BCUT2D eigenvalue weighted by atomic mass is 16.3. The first-order valence-electron chi connectivity index (χ1n) is 7.05. The molecule has 0 aliphatic heterocycles. The molecule has 22 heavy (non-hydrogen) atoms. The minimum absolute atomic E-state index is 0.252. The number of aliphatic hydroxyl groups excluding tert-OH is 1. The lowest BCUT2D eigenvalue weighted by molar-refractivity contribution is 0.280. The van der Waals surface area contributed by atoms with Gasteiger partial charge in [0.15, 0.2) is 0 Å². The molecule has 0 amide bonds. The number of nitrogens with one attached hydrogen (secondary N) is 1. The number of hydrogen-bond donors (Lipinski definition) is 2. The Kier molecular flexibility index (Phi) is 3.65. The van der Waals surface area contributed by atoms with Crippen LogP contribution in [0, 0.1) is 13.8 Å². The van der Waals surface area contributed by atoms with Crippen molar-refractivity contribution in [3.05, 3.63) is 69.6 Å². The summed E-state index contributed by atoms with van der Waals surface area (Å²) in [5, 5.41) is 12.7. The number of fused-ring (bicyclic) bond motifs is 1. The van der Waals surface area contributed by atoms with E-state index in [1.807, 2.05) is 50.2 Å². The van der Waals surface area contributed by atoms with E-state index in [1.165, 1.54) is 4.40 Å². The quantitative estimate of drug-likeness (QED) is 0.779. The highest BCUT2D eigenvalue weighted by Gasteiger charge is 2.12. The zero-order valence-corrected chi connectivity index (χ0v) is 12.5. The minimum Gasteiger partial charge on any atom is -0.391 e. The van der Waals surface area contributed by atoms with E-state index in [2.05, 4.69) is 10.3 Å². The van der Waals surface area contributed by atoms with Crippen LogP contribution in [-0.2, 0) is 6.61 Å². The summed E-state index contributed by atoms with van der Waals surface area (Å²) in [4.78, 5) is 16.9. The second kappa shape index (κ2) is 5.61. The molecule has 0 bridgehead atoms. The number of anilines is 2. The molecule has 3 aromatic rings. The van der Waals surface area contributed by atoms with Crippen molar-refractivity contribution in [1.82, 2.24) is 9.38 Å². The van der Waals surface area contributed by atoms with Crippen molar-refractivity contribution in [3.63, 3.8) is 0 Å². The molecule has 2 aromatic heterocycles. The van der Waals surface area contributed by atoms with Gasteiger partial charge in [0, 0.05) is 11.9 Å². The summed E-state index contributed by atoms with van der Waals surface area (Å²) >= 11 is 0. The fourth-order valence-electron chi connectivity index (χ4n) is 2.30. The molecule has 112 valence electrons. The largest absolute Gasteiger partial charge is 0.391 e. The summed E-state index contributed by atoms with van der Waals surface area (Å²) in [6.07, 6.45) is 1.68. The van der Waals surface area contributed by atoms with Crippen molar-refractivity contribution in [2.24, 2.45) is 0 Å². The van der Waals surface area contributed by atoms with E-state index in [0.717, 1.165) is 16.8 Å². The molecule has 0 radical (unpaired) electrons. The average molecular weight is 295 g/mol. The molecule has 5 nitrogen and oxygen atoms in total. The van der Waals surface area contributed by atoms with Gasteiger partial charge < -0.3 is 10.4 Å². The number of aromatic nitrogens is 2. The average Bonchev–Trinajstić information content (AvgIpc) is 2.49. The van der Waals surface area contributed by atoms with Crippen LogP contribution >= 0.6 is 0 Å². The van der Waals surface area contributed by atoms with E-state index in [-0.39, 0.29) is 17.7 Å². The SMILES string of the molecule is Cc1ccc(Nc2nc3cc(C)ccn3c(=O)c2CO)cc1. The molecule has 0 aliphatic rings. The van der Waals surface area contributed by atoms with Crippen LogP contribution in [0.5, 0.6) is 0 Å². The molecule has 0 fully saturated rings. The number of pyridine rings is 1. The monoisotopic (exact) mass is 295 g/mol. The van der Waals surface area contributed by atoms with E-state index >= 15 is 0 Å². The van der Waals surface area contributed by atoms with Gasteiger partial charge in [-0.25, -0.2) is 4.98 Å². The van der Waals surface area contributed by atoms with Gasteiger partial charge in [0.2, 0.25) is 0 Å². The Hall–Kier alpha value is -2.66. The van der Waals surface area contributed by atoms with Gasteiger partial charge in [0.25, 0.3) is 5.56 Å². The van der Waals surface area contributed by atoms with Crippen LogP contribution in [-0.4, -0.2) is 14.5 Å². The summed E-state index contributed by atoms with van der Waals surface area (Å²) in [6.45, 7) is 3.59. The molecule has 0 aliphatic carbocycles. The molecule has 2 N–H and O–H groups in total. The van der Waals surface area contributed by atoms with Crippen molar-refractivity contribution in [2.75, 3.05) is 5.32 Å². The number of rotatable bonds is 3. The molecule has 5 heteroatoms. The van der Waals surface area contributed by atoms with Crippen molar-refractivity contribution in [1.29, 1.82) is 0 Å². The van der Waals surface area contributed by atoms with Crippen LogP contribution in [0.4, 0.5) is 11.5 Å². The third-order valence-corrected chi connectivity index (χ3v) is 3.55. The smallest absolute Gasteiger partial charge is 0.265 e. The maximum Gasteiger partial charge on any atom is 0.265 e. The van der Waals surface area contributed by atoms with E-state index in [4.69, 9.17) is 0 Å². The number of aliphatic hydroxyl groups is 1. The van der Waals surface area contributed by atoms with Crippen LogP contribution in [0.15, 0.2) is 47.4 Å². The third kappa shape index (κ3) is 2.58. The Balaban J connectivity index is 2.15. The molecular formula is C17H17N3O2. The van der Waals surface area contributed by atoms with Gasteiger partial charge in [-0.1, -0.05) is 17.7 Å². The number of nitrogens with zero attached hydrogens (tertiary/aromatic N) is 2. The van der Waals surface area contributed by atoms with Gasteiger partial charge in [0.1, 0.15) is 11.5 Å². The lowest BCUT2D eigenvalue weighted by Crippen LogP contribution is -2.21. The highest BCUT2D eigenvalue weighted by molar-refractivity contribution is 5.62. The van der Waals surface area contributed by atoms with Crippen LogP contribution in [0.1, 0.15) is 16.7 Å². The van der Waals surface area contributed by atoms with Gasteiger partial charge in [-0.2, -0.15) is 0 Å². The number of aryl methyl sites for hydroxylation is 2. The van der Waals surface area contributed by atoms with Gasteiger partial charge in [-0.15, -0.1) is 0 Å². The maximum atomic E-state index is 12.5. The second-order valence-electron chi connectivity index (χ2n) is 5.33. The first-order chi connectivity index (χ1) is 10.6. The first-order valence-corrected chi connectivity index (χ1v) is 7.05. The normalized spacial score (nSPS) is 10.9. The Morgan fingerprint density at radius 3 is 2.55 bits per heavy atom. The van der Waals surface area contributed by atoms with E-state index in [0.29, 0.717) is 11.5 Å². The molecule has 0 saturated carbocycles. The van der Waals surface area contributed by atoms with Gasteiger partial charge in [-0.05, 0) is 43.7 Å². The molecule has 0 unspecified atom stereocenters. The van der Waals surface area contributed by atoms with Crippen molar-refractivity contribution in [3.8, 4) is 0 Å². The molecule has 1 aromatic carbocycles. The fourth-order valence-corrected chi connectivity index (χ4v) is 2.30. The summed E-state index contributed by atoms with van der Waals surface area (Å²) in [5.74, 6) is 0.391. The van der Waals surface area contributed by atoms with Crippen LogP contribution in [0.25, 0.3) is 5.65 Å². The predicted molar refractivity (Wildman–Crippen MR) is 86.6 cm³/mol. The summed E-state index contributed by atoms with van der Waals surface area (Å²) in [6, 6.07) is 11.4. The standard InChI is InChI=1S/C17H17N3O2/c1-11-3-5-13(6-4-11)18-16-14(10-21)17(22)20-8-7-12(2)9-15(20)19-16/h3-9,18,21H,10H2,1-2H3. The summed E-state index contributed by atoms with van der Waals surface area (Å²) < 4.78 is 1.44. The zero-order chi connectivity index (χ0) is 15.7. The predicted octanol–water partition coefficient (Wildman–Crippen LogP) is 2.55. The van der Waals surface area contributed by atoms with Crippen molar-refractivity contribution in [2.45, 2.75) is 20.5 Å². The molecule has 2 heterocycles. The van der Waals surface area contributed by atoms with E-state index < -0.39 is 0 Å². The van der Waals surface area contributed by atoms with E-state index in [9.17, 15) is 9.90 Å². The Labute approximate surface area is 127 Å². The topological polar surface area (TPSA) is 66.6 Å². The zero-order valence-electron chi connectivity index (χ0n) is 12.5. The van der Waals surface area contributed by atoms with Crippen LogP contribution in [0.2, 0.25) is 0 Å². The van der Waals surface area contributed by atoms with Crippen molar-refractivity contribution >= 4 is 17.2 Å². The van der Waals surface area contributed by atoms with E-state index in [1.54, 1.807) is 6.20 Å². The van der Waals surface area contributed by atoms with Gasteiger partial charge in [0.05, 0.1) is 12.2 Å². The van der Waals surface area contributed by atoms with Gasteiger partial charge >= 0.3 is 0 Å². The Morgan fingerprint density at radius 1 is 1.14 bits per heavy atom. The van der Waals surface area contributed by atoms with Crippen LogP contribution in [0.3, 0.4) is 0 Å². The lowest BCUT2D eigenvalue weighted by atomic mass is 10.2. The van der Waals surface area contributed by atoms with Gasteiger partial charge in [-0.3, -0.25) is 9.20 Å². The molecule has 0 spiro atoms. The summed E-state index contributed by atoms with van der Waals surface area (Å²) in [5.41, 5.74) is 3.53. The molecule has 0 saturated heterocycles. The Morgan fingerprint density at radius 2 is 1.86 bits per heavy atom. The summed E-state index contributed by atoms with van der Waals surface area (Å²) in [7, 11) is 0. The first kappa shape index (κ1) is 14.3. The molecule has 3 rings (SSSR count). The minimum atomic E-state index is -0.364. The Bertz CT molecular complexity index is 883. The highest BCUT2D eigenvalue weighted by Crippen LogP contribution is 2.18. The maximum absolute atomic E-state index is 12.5. The molecular weight excluding hydrogens is 278 g/mol. The third-order valence-electron chi connectivity index (χ3n) is 3.55. The number of benzene rings is 1. The van der Waals surface area contributed by atoms with Crippen LogP contribution < -0.4 is 10.9 Å². The fraction of sp³-hybridized carbons (Fsp3) is 0.176. The number of hydrogen-bond acceptors (Lipinski definition) is 4. The van der Waals surface area contributed by atoms with Crippen molar-refractivity contribution < 1.29 is 5.11 Å².